The molecule has 34 heavy (non-hydrogen) atoms. The van der Waals surface area contributed by atoms with Gasteiger partial charge in [-0.15, -0.1) is 0 Å². The van der Waals surface area contributed by atoms with E-state index in [-0.39, 0.29) is 47.3 Å². The monoisotopic (exact) mass is 471 g/mol. The molecule has 182 valence electrons. The number of allylic oxidation sites excluding steroid dienone is 2. The number of carbonyl (C=O) groups excluding carboxylic acids is 3. The van der Waals surface area contributed by atoms with Gasteiger partial charge in [-0.1, -0.05) is 13.0 Å². The van der Waals surface area contributed by atoms with Crippen LogP contribution in [-0.2, 0) is 19.1 Å². The van der Waals surface area contributed by atoms with Gasteiger partial charge in [-0.25, -0.2) is 4.79 Å². The van der Waals surface area contributed by atoms with E-state index in [2.05, 4.69) is 10.1 Å². The number of ketones is 1. The molecule has 1 unspecified atom stereocenters. The van der Waals surface area contributed by atoms with Gasteiger partial charge in [0.1, 0.15) is 17.0 Å². The zero-order valence-electron chi connectivity index (χ0n) is 19.4. The number of phenolic OH excluding ortho intramolecular Hbond substituents is 2. The van der Waals surface area contributed by atoms with Crippen LogP contribution in [0.15, 0.2) is 24.3 Å². The number of amides is 1. The number of aliphatic hydroxyl groups is 1. The van der Waals surface area contributed by atoms with Crippen LogP contribution in [0, 0.1) is 16.7 Å². The van der Waals surface area contributed by atoms with Crippen molar-refractivity contribution in [2.24, 2.45) is 16.7 Å². The number of methoxy groups -OCH3 is 1. The molecule has 2 saturated carbocycles. The Bertz CT molecular complexity index is 1120. The topological polar surface area (TPSA) is 142 Å². The van der Waals surface area contributed by atoms with E-state index in [1.807, 2.05) is 19.9 Å². The highest BCUT2D eigenvalue weighted by atomic mass is 16.5. The van der Waals surface area contributed by atoms with Crippen molar-refractivity contribution >= 4 is 23.3 Å². The van der Waals surface area contributed by atoms with E-state index in [9.17, 15) is 29.7 Å². The molecule has 6 atom stereocenters. The van der Waals surface area contributed by atoms with Crippen LogP contribution >= 0.6 is 0 Å². The zero-order valence-corrected chi connectivity index (χ0v) is 19.4. The first kappa shape index (κ1) is 22.9. The third-order valence-corrected chi connectivity index (χ3v) is 8.73. The van der Waals surface area contributed by atoms with Gasteiger partial charge in [0.2, 0.25) is 5.91 Å². The lowest BCUT2D eigenvalue weighted by molar-refractivity contribution is -0.171. The molecule has 1 aromatic carbocycles. The number of esters is 1. The highest BCUT2D eigenvalue weighted by Gasteiger charge is 2.77. The van der Waals surface area contributed by atoms with Gasteiger partial charge in [-0.2, -0.15) is 0 Å². The molecular weight excluding hydrogens is 442 g/mol. The van der Waals surface area contributed by atoms with Gasteiger partial charge in [0.25, 0.3) is 0 Å². The number of anilines is 1. The van der Waals surface area contributed by atoms with Crippen molar-refractivity contribution < 1.29 is 39.2 Å². The van der Waals surface area contributed by atoms with Crippen molar-refractivity contribution in [1.82, 2.24) is 0 Å². The third kappa shape index (κ3) is 2.89. The molecule has 4 fully saturated rings. The molecular formula is C25H29NO8. The molecule has 9 nitrogen and oxygen atoms in total. The Labute approximate surface area is 196 Å². The van der Waals surface area contributed by atoms with Crippen LogP contribution in [-0.4, -0.2) is 57.4 Å². The zero-order chi connectivity index (χ0) is 24.7. The Morgan fingerprint density at radius 3 is 2.65 bits per heavy atom. The van der Waals surface area contributed by atoms with Gasteiger partial charge in [-0.05, 0) is 44.4 Å². The fourth-order valence-electron chi connectivity index (χ4n) is 7.19. The summed E-state index contributed by atoms with van der Waals surface area (Å²) >= 11 is 0. The number of hydrogen-bond acceptors (Lipinski definition) is 8. The molecule has 2 saturated heterocycles. The molecule has 3 aliphatic carbocycles. The first-order chi connectivity index (χ1) is 15.9. The summed E-state index contributed by atoms with van der Waals surface area (Å²) in [5.74, 6) is -2.58. The molecule has 1 spiro atoms. The molecule has 4 N–H and O–H groups in total. The number of ether oxygens (including phenoxy) is 2. The normalized spacial score (nSPS) is 39.2. The van der Waals surface area contributed by atoms with Crippen LogP contribution in [0.25, 0.3) is 0 Å². The number of aromatic hydroxyl groups is 2. The number of hydrogen-bond donors (Lipinski definition) is 4. The summed E-state index contributed by atoms with van der Waals surface area (Å²) < 4.78 is 10.9. The van der Waals surface area contributed by atoms with Crippen molar-refractivity contribution in [3.63, 3.8) is 0 Å². The van der Waals surface area contributed by atoms with E-state index in [0.29, 0.717) is 19.3 Å². The Morgan fingerprint density at radius 1 is 1.24 bits per heavy atom. The minimum Gasteiger partial charge on any atom is -0.506 e. The predicted molar refractivity (Wildman–Crippen MR) is 119 cm³/mol. The lowest BCUT2D eigenvalue weighted by Gasteiger charge is -2.55. The Hall–Kier alpha value is -2.91. The summed E-state index contributed by atoms with van der Waals surface area (Å²) in [4.78, 5) is 37.8. The molecule has 2 aliphatic heterocycles. The van der Waals surface area contributed by atoms with Crippen molar-refractivity contribution in [3.8, 4) is 11.5 Å². The van der Waals surface area contributed by atoms with E-state index >= 15 is 0 Å². The molecule has 6 rings (SSSR count). The second-order valence-corrected chi connectivity index (χ2v) is 10.7. The first-order valence-electron chi connectivity index (χ1n) is 11.5. The fraction of sp³-hybridized carbons (Fsp3) is 0.560. The number of carbonyl (C=O) groups is 3. The molecule has 0 radical (unpaired) electrons. The van der Waals surface area contributed by atoms with Crippen LogP contribution in [0.4, 0.5) is 5.69 Å². The highest BCUT2D eigenvalue weighted by Crippen LogP contribution is 2.72. The van der Waals surface area contributed by atoms with Gasteiger partial charge in [-0.3, -0.25) is 9.59 Å². The van der Waals surface area contributed by atoms with E-state index in [1.165, 1.54) is 12.1 Å². The number of nitrogens with one attached hydrogen (secondary N) is 1. The van der Waals surface area contributed by atoms with Crippen LogP contribution in [0.2, 0.25) is 0 Å². The Balaban J connectivity index is 1.36. The maximum atomic E-state index is 13.1. The summed E-state index contributed by atoms with van der Waals surface area (Å²) in [6.45, 7) is 3.79. The average molecular weight is 472 g/mol. The lowest BCUT2D eigenvalue weighted by atomic mass is 9.50. The Kier molecular flexibility index (Phi) is 4.74. The third-order valence-electron chi connectivity index (χ3n) is 8.73. The van der Waals surface area contributed by atoms with Gasteiger partial charge in [0.05, 0.1) is 24.4 Å². The minimum atomic E-state index is -0.906. The molecule has 0 aromatic heterocycles. The van der Waals surface area contributed by atoms with Gasteiger partial charge in [0, 0.05) is 29.6 Å². The summed E-state index contributed by atoms with van der Waals surface area (Å²) in [5.41, 5.74) is -3.25. The molecule has 9 heteroatoms. The van der Waals surface area contributed by atoms with Crippen molar-refractivity contribution in [3.05, 3.63) is 29.8 Å². The first-order valence-corrected chi connectivity index (χ1v) is 11.5. The maximum Gasteiger partial charge on any atom is 0.341 e. The fourth-order valence-corrected chi connectivity index (χ4v) is 7.19. The van der Waals surface area contributed by atoms with Crippen molar-refractivity contribution in [2.75, 3.05) is 12.4 Å². The molecule has 1 aromatic rings. The molecule has 1 amide bonds. The highest BCUT2D eigenvalue weighted by molar-refractivity contribution is 6.01. The van der Waals surface area contributed by atoms with E-state index in [4.69, 9.17) is 4.74 Å². The largest absolute Gasteiger partial charge is 0.506 e. The summed E-state index contributed by atoms with van der Waals surface area (Å²) in [6, 6.07) is 2.37. The van der Waals surface area contributed by atoms with Crippen LogP contribution in [0.1, 0.15) is 56.3 Å². The minimum absolute atomic E-state index is 0.0573. The number of benzene rings is 1. The van der Waals surface area contributed by atoms with Crippen LogP contribution < -0.4 is 5.32 Å². The molecule has 2 heterocycles. The van der Waals surface area contributed by atoms with Crippen LogP contribution in [0.5, 0.6) is 11.5 Å². The molecule has 5 aliphatic rings. The number of rotatable bonds is 5. The van der Waals surface area contributed by atoms with Crippen LogP contribution in [0.3, 0.4) is 0 Å². The SMILES string of the molecule is COC(=O)c1ccc(O)c(NC(=O)CC[C@]2(C)C(=O)C=C[C@]34C[C@@]5(O)C[C@H](O[C@@]5(C)C3)C42)c1O. The quantitative estimate of drug-likeness (QED) is 0.379. The second kappa shape index (κ2) is 7.05. The molecule has 4 bridgehead atoms. The predicted octanol–water partition coefficient (Wildman–Crippen LogP) is 2.44. The van der Waals surface area contributed by atoms with Crippen molar-refractivity contribution in [1.29, 1.82) is 0 Å². The van der Waals surface area contributed by atoms with Gasteiger partial charge < -0.3 is 30.1 Å². The number of phenols is 2. The van der Waals surface area contributed by atoms with E-state index < -0.39 is 40.0 Å². The lowest BCUT2D eigenvalue weighted by Crippen LogP contribution is -2.56. The average Bonchev–Trinajstić information content (AvgIpc) is 3.06. The standard InChI is InChI=1S/C25H29NO8/c1-22(8-7-17(29)26-18-14(27)5-4-13(19(18)30)21(31)33-3)16(28)6-9-24-11-23(2)25(32,12-24)10-15(34-23)20(22)24/h4-6,9,15,20,27,30,32H,7-8,10-12H2,1-3H3,(H,26,29)/t15-,20?,22+,23-,24+,25-/m0/s1. The Morgan fingerprint density at radius 2 is 1.97 bits per heavy atom. The van der Waals surface area contributed by atoms with Gasteiger partial charge >= 0.3 is 5.97 Å². The summed E-state index contributed by atoms with van der Waals surface area (Å²) in [6.07, 6.45) is 5.06. The van der Waals surface area contributed by atoms with E-state index in [1.54, 1.807) is 6.08 Å². The van der Waals surface area contributed by atoms with E-state index in [0.717, 1.165) is 7.11 Å². The van der Waals surface area contributed by atoms with Gasteiger partial charge in [0.15, 0.2) is 11.5 Å². The van der Waals surface area contributed by atoms with Crippen molar-refractivity contribution in [2.45, 2.75) is 63.3 Å². The maximum absolute atomic E-state index is 13.1. The smallest absolute Gasteiger partial charge is 0.341 e. The summed E-state index contributed by atoms with van der Waals surface area (Å²) in [5, 5.41) is 34.1. The second-order valence-electron chi connectivity index (χ2n) is 10.7. The summed E-state index contributed by atoms with van der Waals surface area (Å²) in [7, 11) is 1.15.